The number of ether oxygens (including phenoxy) is 1. The molecule has 0 aromatic heterocycles. The van der Waals surface area contributed by atoms with Crippen molar-refractivity contribution in [3.05, 3.63) is 12.8 Å². The Balaban J connectivity index is 2.25. The standard InChI is InChI=1S/C5H8O2/c1-2-7-5(6)3-4-5/h2,6H,1,3-4H2. The average molecular weight is 100 g/mol. The smallest absolute Gasteiger partial charge is 0.207 e. The van der Waals surface area contributed by atoms with E-state index in [-0.39, 0.29) is 0 Å². The summed E-state index contributed by atoms with van der Waals surface area (Å²) < 4.78 is 4.66. The fourth-order valence-electron chi connectivity index (χ4n) is 0.380. The molecule has 1 fully saturated rings. The Bertz CT molecular complexity index is 84.1. The van der Waals surface area contributed by atoms with Crippen molar-refractivity contribution < 1.29 is 9.84 Å². The highest BCUT2D eigenvalue weighted by Gasteiger charge is 2.42. The van der Waals surface area contributed by atoms with Gasteiger partial charge in [0.2, 0.25) is 5.79 Å². The molecule has 1 aliphatic rings. The lowest BCUT2D eigenvalue weighted by molar-refractivity contribution is -0.0776. The molecule has 0 saturated heterocycles. The summed E-state index contributed by atoms with van der Waals surface area (Å²) in [6.45, 7) is 3.30. The van der Waals surface area contributed by atoms with Crippen molar-refractivity contribution >= 4 is 0 Å². The van der Waals surface area contributed by atoms with Crippen molar-refractivity contribution in [1.29, 1.82) is 0 Å². The molecule has 0 spiro atoms. The third-order valence-electron chi connectivity index (χ3n) is 0.980. The van der Waals surface area contributed by atoms with Crippen LogP contribution in [0.4, 0.5) is 0 Å². The van der Waals surface area contributed by atoms with Gasteiger partial charge in [0.05, 0.1) is 6.26 Å². The summed E-state index contributed by atoms with van der Waals surface area (Å²) >= 11 is 0. The summed E-state index contributed by atoms with van der Waals surface area (Å²) in [4.78, 5) is 0. The van der Waals surface area contributed by atoms with Gasteiger partial charge >= 0.3 is 0 Å². The Morgan fingerprint density at radius 1 is 1.71 bits per heavy atom. The molecule has 0 heterocycles. The van der Waals surface area contributed by atoms with Crippen LogP contribution in [0.3, 0.4) is 0 Å². The molecular formula is C5H8O2. The fourth-order valence-corrected chi connectivity index (χ4v) is 0.380. The average Bonchev–Trinajstić information content (AvgIpc) is 2.22. The molecule has 0 amide bonds. The van der Waals surface area contributed by atoms with Gasteiger partial charge in [-0.15, -0.1) is 0 Å². The second-order valence-corrected chi connectivity index (χ2v) is 1.73. The number of hydrogen-bond donors (Lipinski definition) is 1. The van der Waals surface area contributed by atoms with Crippen LogP contribution < -0.4 is 0 Å². The maximum Gasteiger partial charge on any atom is 0.207 e. The molecule has 2 heteroatoms. The topological polar surface area (TPSA) is 29.5 Å². The Morgan fingerprint density at radius 2 is 2.29 bits per heavy atom. The Labute approximate surface area is 42.4 Å². The molecule has 0 radical (unpaired) electrons. The van der Waals surface area contributed by atoms with Gasteiger partial charge < -0.3 is 9.84 Å². The van der Waals surface area contributed by atoms with Crippen LogP contribution in [-0.2, 0) is 4.74 Å². The van der Waals surface area contributed by atoms with Gasteiger partial charge in [-0.3, -0.25) is 0 Å². The normalized spacial score (nSPS) is 23.6. The zero-order valence-corrected chi connectivity index (χ0v) is 4.05. The van der Waals surface area contributed by atoms with Gasteiger partial charge in [-0.1, -0.05) is 6.58 Å². The summed E-state index contributed by atoms with van der Waals surface area (Å²) in [6, 6.07) is 0. The Morgan fingerprint density at radius 3 is 2.43 bits per heavy atom. The van der Waals surface area contributed by atoms with Crippen molar-refractivity contribution in [3.8, 4) is 0 Å². The second-order valence-electron chi connectivity index (χ2n) is 1.73. The molecule has 0 aliphatic heterocycles. The minimum Gasteiger partial charge on any atom is -0.471 e. The highest BCUT2D eigenvalue weighted by Crippen LogP contribution is 2.35. The van der Waals surface area contributed by atoms with Crippen LogP contribution in [0.2, 0.25) is 0 Å². The van der Waals surface area contributed by atoms with Crippen LogP contribution in [0.25, 0.3) is 0 Å². The van der Waals surface area contributed by atoms with Crippen molar-refractivity contribution in [2.24, 2.45) is 0 Å². The minimum absolute atomic E-state index is 0.749. The van der Waals surface area contributed by atoms with Gasteiger partial charge in [0.25, 0.3) is 0 Å². The highest BCUT2D eigenvalue weighted by atomic mass is 16.6. The van der Waals surface area contributed by atoms with Gasteiger partial charge in [0.15, 0.2) is 0 Å². The van der Waals surface area contributed by atoms with Crippen LogP contribution in [0.5, 0.6) is 0 Å². The summed E-state index contributed by atoms with van der Waals surface area (Å²) in [5.41, 5.74) is 0. The second kappa shape index (κ2) is 1.23. The molecule has 1 N–H and O–H groups in total. The van der Waals surface area contributed by atoms with Crippen molar-refractivity contribution in [1.82, 2.24) is 0 Å². The van der Waals surface area contributed by atoms with Gasteiger partial charge in [0.1, 0.15) is 0 Å². The maximum atomic E-state index is 8.84. The summed E-state index contributed by atoms with van der Waals surface area (Å²) in [5, 5.41) is 8.84. The van der Waals surface area contributed by atoms with Crippen LogP contribution in [0.1, 0.15) is 12.8 Å². The highest BCUT2D eigenvalue weighted by molar-refractivity contribution is 4.84. The van der Waals surface area contributed by atoms with E-state index in [1.54, 1.807) is 0 Å². The number of hydrogen-bond acceptors (Lipinski definition) is 2. The third kappa shape index (κ3) is 0.933. The number of aliphatic hydroxyl groups is 1. The maximum absolute atomic E-state index is 8.84. The third-order valence-corrected chi connectivity index (χ3v) is 0.980. The van der Waals surface area contributed by atoms with Gasteiger partial charge in [0, 0.05) is 12.8 Å². The molecule has 40 valence electrons. The first kappa shape index (κ1) is 4.65. The van der Waals surface area contributed by atoms with E-state index in [1.807, 2.05) is 0 Å². The molecule has 7 heavy (non-hydrogen) atoms. The van der Waals surface area contributed by atoms with E-state index in [9.17, 15) is 0 Å². The van der Waals surface area contributed by atoms with Crippen molar-refractivity contribution in [2.75, 3.05) is 0 Å². The van der Waals surface area contributed by atoms with E-state index in [0.717, 1.165) is 12.8 Å². The SMILES string of the molecule is C=COC1(O)CC1. The van der Waals surface area contributed by atoms with Gasteiger partial charge in [-0.25, -0.2) is 0 Å². The molecule has 2 nitrogen and oxygen atoms in total. The quantitative estimate of drug-likeness (QED) is 0.407. The molecular weight excluding hydrogens is 92.1 g/mol. The molecule has 0 bridgehead atoms. The Hall–Kier alpha value is -0.500. The molecule has 0 aromatic rings. The largest absolute Gasteiger partial charge is 0.471 e. The fraction of sp³-hybridized carbons (Fsp3) is 0.600. The molecule has 0 atom stereocenters. The molecule has 0 aromatic carbocycles. The lowest BCUT2D eigenvalue weighted by Gasteiger charge is -2.03. The van der Waals surface area contributed by atoms with E-state index >= 15 is 0 Å². The first-order valence-corrected chi connectivity index (χ1v) is 2.28. The minimum atomic E-state index is -0.818. The summed E-state index contributed by atoms with van der Waals surface area (Å²) in [5.74, 6) is -0.818. The van der Waals surface area contributed by atoms with Crippen LogP contribution in [0.15, 0.2) is 12.8 Å². The van der Waals surface area contributed by atoms with E-state index in [4.69, 9.17) is 5.11 Å². The molecule has 1 aliphatic carbocycles. The van der Waals surface area contributed by atoms with Crippen molar-refractivity contribution in [2.45, 2.75) is 18.6 Å². The summed E-state index contributed by atoms with van der Waals surface area (Å²) in [7, 11) is 0. The van der Waals surface area contributed by atoms with E-state index in [0.29, 0.717) is 0 Å². The van der Waals surface area contributed by atoms with Gasteiger partial charge in [-0.05, 0) is 0 Å². The van der Waals surface area contributed by atoms with Gasteiger partial charge in [-0.2, -0.15) is 0 Å². The molecule has 0 unspecified atom stereocenters. The van der Waals surface area contributed by atoms with Crippen LogP contribution in [0, 0.1) is 0 Å². The lowest BCUT2D eigenvalue weighted by atomic mass is 10.7. The zero-order chi connectivity index (χ0) is 5.33. The number of rotatable bonds is 2. The molecule has 1 rings (SSSR count). The van der Waals surface area contributed by atoms with Crippen molar-refractivity contribution in [3.63, 3.8) is 0 Å². The predicted molar refractivity (Wildman–Crippen MR) is 25.5 cm³/mol. The monoisotopic (exact) mass is 100 g/mol. The van der Waals surface area contributed by atoms with Crippen LogP contribution >= 0.6 is 0 Å². The predicted octanol–water partition coefficient (Wildman–Crippen LogP) is 0.629. The van der Waals surface area contributed by atoms with E-state index < -0.39 is 5.79 Å². The summed E-state index contributed by atoms with van der Waals surface area (Å²) in [6.07, 6.45) is 2.77. The van der Waals surface area contributed by atoms with E-state index in [2.05, 4.69) is 11.3 Å². The first-order chi connectivity index (χ1) is 3.27. The lowest BCUT2D eigenvalue weighted by Crippen LogP contribution is -2.06. The molecule has 1 saturated carbocycles. The van der Waals surface area contributed by atoms with Crippen LogP contribution in [-0.4, -0.2) is 10.9 Å². The first-order valence-electron chi connectivity index (χ1n) is 2.28. The van der Waals surface area contributed by atoms with E-state index in [1.165, 1.54) is 6.26 Å². The Kier molecular flexibility index (Phi) is 0.820. The zero-order valence-electron chi connectivity index (χ0n) is 4.05.